The van der Waals surface area contributed by atoms with E-state index >= 15 is 0 Å². The van der Waals surface area contributed by atoms with Crippen molar-refractivity contribution in [1.82, 2.24) is 15.2 Å². The number of aromatic amines is 1. The van der Waals surface area contributed by atoms with E-state index in [1.165, 1.54) is 0 Å². The van der Waals surface area contributed by atoms with E-state index in [0.29, 0.717) is 12.1 Å². The lowest BCUT2D eigenvalue weighted by Gasteiger charge is -2.30. The Morgan fingerprint density at radius 3 is 2.70 bits per heavy atom. The Morgan fingerprint density at radius 1 is 1.15 bits per heavy atom. The van der Waals surface area contributed by atoms with Gasteiger partial charge in [0.1, 0.15) is 6.04 Å². The van der Waals surface area contributed by atoms with Crippen LogP contribution in [0.3, 0.4) is 0 Å². The summed E-state index contributed by atoms with van der Waals surface area (Å²) in [6.45, 7) is 4.42. The minimum Gasteiger partial charge on any atom is -0.361 e. The molecule has 1 aromatic heterocycles. The van der Waals surface area contributed by atoms with Crippen molar-refractivity contribution in [3.63, 3.8) is 0 Å². The van der Waals surface area contributed by atoms with Gasteiger partial charge in [0.15, 0.2) is 0 Å². The fourth-order valence-corrected chi connectivity index (χ4v) is 3.90. The Hall–Kier alpha value is -3.08. The van der Waals surface area contributed by atoms with Crippen molar-refractivity contribution in [3.05, 3.63) is 71.4 Å². The molecule has 0 saturated carbocycles. The third-order valence-corrected chi connectivity index (χ3v) is 5.26. The van der Waals surface area contributed by atoms with Gasteiger partial charge in [-0.3, -0.25) is 9.59 Å². The number of hydrogen-bond acceptors (Lipinski definition) is 2. The number of rotatable bonds is 5. The van der Waals surface area contributed by atoms with Gasteiger partial charge < -0.3 is 15.2 Å². The average molecular weight is 361 g/mol. The number of fused-ring (bicyclic) bond motifs is 2. The number of H-pyrrole nitrogens is 1. The molecule has 27 heavy (non-hydrogen) atoms. The lowest BCUT2D eigenvalue weighted by molar-refractivity contribution is -0.125. The topological polar surface area (TPSA) is 65.2 Å². The normalized spacial score (nSPS) is 17.2. The molecule has 2 unspecified atom stereocenters. The number of aromatic nitrogens is 1. The average Bonchev–Trinajstić information content (AvgIpc) is 3.24. The second kappa shape index (κ2) is 6.91. The summed E-state index contributed by atoms with van der Waals surface area (Å²) in [6.07, 6.45) is 2.81. The first-order chi connectivity index (χ1) is 13.1. The molecule has 0 saturated heterocycles. The van der Waals surface area contributed by atoms with Gasteiger partial charge in [0.05, 0.1) is 6.04 Å². The molecule has 0 radical (unpaired) electrons. The zero-order valence-electron chi connectivity index (χ0n) is 15.5. The Labute approximate surface area is 158 Å². The monoisotopic (exact) mass is 361 g/mol. The van der Waals surface area contributed by atoms with Gasteiger partial charge in [-0.25, -0.2) is 0 Å². The fraction of sp³-hybridized carbons (Fsp3) is 0.273. The number of carbonyl (C=O) groups excluding carboxylic acids is 2. The van der Waals surface area contributed by atoms with Gasteiger partial charge in [0.2, 0.25) is 5.91 Å². The standard InChI is InChI=1S/C22H23N3O2/c1-3-12-23-21(26)14(2)25-20(16-9-4-5-10-17(16)22(25)27)18-13-24-19-11-7-6-8-15(18)19/h4-11,13-14,20,24H,3,12H2,1-2H3,(H,23,26). The second-order valence-electron chi connectivity index (χ2n) is 6.96. The molecule has 2 heterocycles. The molecule has 2 N–H and O–H groups in total. The highest BCUT2D eigenvalue weighted by molar-refractivity contribution is 6.03. The largest absolute Gasteiger partial charge is 0.361 e. The van der Waals surface area contributed by atoms with Gasteiger partial charge in [-0.2, -0.15) is 0 Å². The summed E-state index contributed by atoms with van der Waals surface area (Å²) in [6, 6.07) is 14.8. The summed E-state index contributed by atoms with van der Waals surface area (Å²) in [5.74, 6) is -0.220. The van der Waals surface area contributed by atoms with Crippen molar-refractivity contribution in [2.75, 3.05) is 6.54 Å². The van der Waals surface area contributed by atoms with Crippen LogP contribution in [0.4, 0.5) is 0 Å². The van der Waals surface area contributed by atoms with Gasteiger partial charge >= 0.3 is 0 Å². The second-order valence-corrected chi connectivity index (χ2v) is 6.96. The summed E-state index contributed by atoms with van der Waals surface area (Å²) in [7, 11) is 0. The Morgan fingerprint density at radius 2 is 1.89 bits per heavy atom. The highest BCUT2D eigenvalue weighted by atomic mass is 16.2. The molecule has 4 rings (SSSR count). The molecule has 5 nitrogen and oxygen atoms in total. The molecular formula is C22H23N3O2. The molecule has 0 spiro atoms. The first kappa shape index (κ1) is 17.3. The molecule has 0 aliphatic carbocycles. The first-order valence-electron chi connectivity index (χ1n) is 9.38. The first-order valence-corrected chi connectivity index (χ1v) is 9.38. The lowest BCUT2D eigenvalue weighted by atomic mass is 9.97. The smallest absolute Gasteiger partial charge is 0.255 e. The summed E-state index contributed by atoms with van der Waals surface area (Å²) in [5.41, 5.74) is 3.65. The van der Waals surface area contributed by atoms with Crippen LogP contribution < -0.4 is 5.32 Å². The molecule has 1 aliphatic rings. The van der Waals surface area contributed by atoms with Crippen LogP contribution in [0.2, 0.25) is 0 Å². The maximum Gasteiger partial charge on any atom is 0.255 e. The number of nitrogens with one attached hydrogen (secondary N) is 2. The van der Waals surface area contributed by atoms with Crippen LogP contribution >= 0.6 is 0 Å². The van der Waals surface area contributed by atoms with Crippen molar-refractivity contribution in [2.45, 2.75) is 32.4 Å². The van der Waals surface area contributed by atoms with E-state index in [1.54, 1.807) is 11.8 Å². The molecule has 2 amide bonds. The maximum absolute atomic E-state index is 13.2. The molecular weight excluding hydrogens is 338 g/mol. The molecule has 0 fully saturated rings. The Kier molecular flexibility index (Phi) is 4.44. The fourth-order valence-electron chi connectivity index (χ4n) is 3.90. The third kappa shape index (κ3) is 2.79. The quantitative estimate of drug-likeness (QED) is 0.729. The number of amides is 2. The van der Waals surface area contributed by atoms with Gasteiger partial charge in [0, 0.05) is 34.8 Å². The molecule has 1 aliphatic heterocycles. The zero-order chi connectivity index (χ0) is 19.0. The predicted octanol–water partition coefficient (Wildman–Crippen LogP) is 3.63. The van der Waals surface area contributed by atoms with Crippen LogP contribution in [0.5, 0.6) is 0 Å². The Bertz CT molecular complexity index is 1010. The highest BCUT2D eigenvalue weighted by Crippen LogP contribution is 2.42. The van der Waals surface area contributed by atoms with Crippen LogP contribution in [0.15, 0.2) is 54.7 Å². The number of carbonyl (C=O) groups is 2. The molecule has 3 aromatic rings. The number of hydrogen-bond donors (Lipinski definition) is 2. The zero-order valence-corrected chi connectivity index (χ0v) is 15.5. The minimum atomic E-state index is -0.560. The summed E-state index contributed by atoms with van der Waals surface area (Å²) < 4.78 is 0. The van der Waals surface area contributed by atoms with Crippen LogP contribution in [-0.4, -0.2) is 34.3 Å². The van der Waals surface area contributed by atoms with Gasteiger partial charge in [-0.1, -0.05) is 43.3 Å². The van der Waals surface area contributed by atoms with Crippen LogP contribution in [0.1, 0.15) is 47.8 Å². The molecule has 2 atom stereocenters. The van der Waals surface area contributed by atoms with E-state index in [9.17, 15) is 9.59 Å². The van der Waals surface area contributed by atoms with Gasteiger partial charge in [-0.15, -0.1) is 0 Å². The lowest BCUT2D eigenvalue weighted by Crippen LogP contribution is -2.47. The molecule has 5 heteroatoms. The number of benzene rings is 2. The highest BCUT2D eigenvalue weighted by Gasteiger charge is 2.42. The van der Waals surface area contributed by atoms with Crippen LogP contribution in [0.25, 0.3) is 10.9 Å². The van der Waals surface area contributed by atoms with Crippen molar-refractivity contribution < 1.29 is 9.59 Å². The van der Waals surface area contributed by atoms with E-state index in [-0.39, 0.29) is 17.9 Å². The summed E-state index contributed by atoms with van der Waals surface area (Å²) in [5, 5.41) is 3.99. The van der Waals surface area contributed by atoms with E-state index < -0.39 is 6.04 Å². The van der Waals surface area contributed by atoms with Crippen molar-refractivity contribution in [3.8, 4) is 0 Å². The van der Waals surface area contributed by atoms with Gasteiger partial charge in [-0.05, 0) is 31.0 Å². The van der Waals surface area contributed by atoms with Crippen molar-refractivity contribution >= 4 is 22.7 Å². The maximum atomic E-state index is 13.2. The van der Waals surface area contributed by atoms with E-state index in [1.807, 2.05) is 61.7 Å². The van der Waals surface area contributed by atoms with Crippen LogP contribution in [-0.2, 0) is 4.79 Å². The van der Waals surface area contributed by atoms with E-state index in [2.05, 4.69) is 10.3 Å². The molecule has 0 bridgehead atoms. The predicted molar refractivity (Wildman–Crippen MR) is 106 cm³/mol. The van der Waals surface area contributed by atoms with E-state index in [4.69, 9.17) is 0 Å². The summed E-state index contributed by atoms with van der Waals surface area (Å²) in [4.78, 5) is 30.9. The minimum absolute atomic E-state index is 0.0972. The van der Waals surface area contributed by atoms with Crippen LogP contribution in [0, 0.1) is 0 Å². The third-order valence-electron chi connectivity index (χ3n) is 5.26. The molecule has 138 valence electrons. The van der Waals surface area contributed by atoms with E-state index in [0.717, 1.165) is 28.5 Å². The van der Waals surface area contributed by atoms with Crippen molar-refractivity contribution in [2.24, 2.45) is 0 Å². The number of para-hydroxylation sites is 1. The Balaban J connectivity index is 1.82. The SMILES string of the molecule is CCCNC(=O)C(C)N1C(=O)c2ccccc2C1c1c[nH]c2ccccc12. The van der Waals surface area contributed by atoms with Gasteiger partial charge in [0.25, 0.3) is 5.91 Å². The molecule has 2 aromatic carbocycles. The van der Waals surface area contributed by atoms with Crippen molar-refractivity contribution in [1.29, 1.82) is 0 Å². The number of nitrogens with zero attached hydrogens (tertiary/aromatic N) is 1. The summed E-state index contributed by atoms with van der Waals surface area (Å²) >= 11 is 0.